The zero-order chi connectivity index (χ0) is 17.6. The fourth-order valence-electron chi connectivity index (χ4n) is 2.38. The van der Waals surface area contributed by atoms with Crippen LogP contribution in [0.1, 0.15) is 5.56 Å². The van der Waals surface area contributed by atoms with E-state index in [1.807, 2.05) is 18.2 Å². The molecule has 0 bridgehead atoms. The van der Waals surface area contributed by atoms with Crippen LogP contribution in [0.3, 0.4) is 0 Å². The topological polar surface area (TPSA) is 92.8 Å². The van der Waals surface area contributed by atoms with Gasteiger partial charge in [0.1, 0.15) is 0 Å². The van der Waals surface area contributed by atoms with E-state index in [1.54, 1.807) is 0 Å². The minimum absolute atomic E-state index is 0.0121. The molecule has 4 N–H and O–H groups in total. The third-order valence-electron chi connectivity index (χ3n) is 3.59. The van der Waals surface area contributed by atoms with Crippen molar-refractivity contribution in [2.45, 2.75) is 20.3 Å². The quantitative estimate of drug-likeness (QED) is 0.301. The number of aliphatic hydroxyl groups is 1. The Morgan fingerprint density at radius 1 is 1.42 bits per heavy atom. The fraction of sp³-hybridized carbons (Fsp3) is 0.267. The molecule has 24 heavy (non-hydrogen) atoms. The monoisotopic (exact) mass is 778 g/mol. The normalized spacial score (nSPS) is 24.1. The van der Waals surface area contributed by atoms with Crippen molar-refractivity contribution >= 4 is 73.7 Å². The maximum absolute atomic E-state index is 11.0. The number of alkyl halides is 2. The molecule has 1 aliphatic heterocycles. The molecule has 1 aromatic carbocycles. The Bertz CT molecular complexity index is 777. The van der Waals surface area contributed by atoms with Crippen molar-refractivity contribution in [3.05, 3.63) is 46.0 Å². The molecule has 0 spiro atoms. The Balaban J connectivity index is 1.95. The number of ether oxygens (including phenoxy) is 1. The molecule has 1 heterocycles. The van der Waals surface area contributed by atoms with E-state index in [9.17, 15) is 9.90 Å². The molecule has 1 aliphatic carbocycles. The van der Waals surface area contributed by atoms with E-state index < -0.39 is 33.2 Å². The summed E-state index contributed by atoms with van der Waals surface area (Å²) in [4.78, 5) is 11.0. The second kappa shape index (κ2) is 7.72. The van der Waals surface area contributed by atoms with Gasteiger partial charge in [-0.25, -0.2) is 0 Å². The zero-order valence-corrected chi connectivity index (χ0v) is 20.6. The van der Waals surface area contributed by atoms with Crippen LogP contribution in [0.5, 0.6) is 5.75 Å². The van der Waals surface area contributed by atoms with E-state index in [4.69, 9.17) is 15.6 Å². The van der Waals surface area contributed by atoms with Crippen LogP contribution in [0.4, 0.5) is 0 Å². The molecular weight excluding hydrogens is 766 g/mol. The third-order valence-corrected chi connectivity index (χ3v) is 11.4. The van der Waals surface area contributed by atoms with Gasteiger partial charge in [-0.1, -0.05) is 0 Å². The Morgan fingerprint density at radius 3 is 2.79 bits per heavy atom. The zero-order valence-electron chi connectivity index (χ0n) is 12.0. The molecule has 0 radical (unpaired) electrons. The average Bonchev–Trinajstić information content (AvgIpc) is 2.52. The van der Waals surface area contributed by atoms with Gasteiger partial charge in [0.2, 0.25) is 0 Å². The predicted octanol–water partition coefficient (Wildman–Crippen LogP) is 0.171. The van der Waals surface area contributed by atoms with E-state index in [0.717, 1.165) is 27.8 Å². The fourth-order valence-corrected chi connectivity index (χ4v) is 9.80. The molecule has 0 aromatic heterocycles. The summed E-state index contributed by atoms with van der Waals surface area (Å²) in [6.07, 6.45) is 2.22. The number of rotatable bonds is 3. The summed E-state index contributed by atoms with van der Waals surface area (Å²) < 4.78 is 9.28. The van der Waals surface area contributed by atoms with Crippen molar-refractivity contribution in [2.75, 3.05) is 0 Å². The number of benzene rings is 1. The number of carboxylic acid groups (broad SMARTS) is 1. The summed E-state index contributed by atoms with van der Waals surface area (Å²) >= 11 is 6.20. The van der Waals surface area contributed by atoms with E-state index in [2.05, 4.69) is 67.8 Å². The van der Waals surface area contributed by atoms with Gasteiger partial charge in [-0.2, -0.15) is 0 Å². The number of allylic oxidation sites excluding steroid dienone is 4. The molecule has 0 saturated heterocycles. The van der Waals surface area contributed by atoms with Gasteiger partial charge in [-0.3, -0.25) is 0 Å². The predicted molar refractivity (Wildman–Crippen MR) is 111 cm³/mol. The van der Waals surface area contributed by atoms with Gasteiger partial charge < -0.3 is 0 Å². The van der Waals surface area contributed by atoms with E-state index >= 15 is 0 Å². The summed E-state index contributed by atoms with van der Waals surface area (Å²) in [5.41, 5.74) is 6.58. The number of carbonyl (C=O) groups is 1. The molecule has 2 aliphatic rings. The van der Waals surface area contributed by atoms with Crippen molar-refractivity contribution in [2.24, 2.45) is 5.73 Å². The van der Waals surface area contributed by atoms with E-state index in [-0.39, 0.29) is 7.85 Å². The number of halogens is 4. The van der Waals surface area contributed by atoms with Crippen LogP contribution in [0.25, 0.3) is 0 Å². The van der Waals surface area contributed by atoms with Gasteiger partial charge in [0.15, 0.2) is 0 Å². The van der Waals surface area contributed by atoms with Crippen molar-refractivity contribution < 1.29 is 40.9 Å². The number of hydrogen-bond donors (Lipinski definition) is 3. The number of fused-ring (bicyclic) bond motifs is 2. The molecule has 0 amide bonds. The molecule has 0 fully saturated rings. The molecule has 0 saturated carbocycles. The number of aliphatic hydroxyl groups excluding tert-OH is 1. The number of hydrogen-bond acceptors (Lipinski definition) is 4. The second-order valence-corrected chi connectivity index (χ2v) is 12.1. The SMILES string of the molecule is N[C@@H](Cc1cc(I)c2c(c1)[I-][C@H]1C(=CC(I)=C(O)C1I)O2)C(=O)O. The van der Waals surface area contributed by atoms with Gasteiger partial charge in [0.05, 0.1) is 0 Å². The molecule has 5 nitrogen and oxygen atoms in total. The van der Waals surface area contributed by atoms with Crippen molar-refractivity contribution in [1.29, 1.82) is 0 Å². The van der Waals surface area contributed by atoms with Crippen LogP contribution in [-0.4, -0.2) is 30.1 Å². The van der Waals surface area contributed by atoms with Crippen LogP contribution in [0, 0.1) is 7.14 Å². The average molecular weight is 778 g/mol. The standard InChI is InChI=1S/C15H12I4NO4/c16-6-4-10-12(11(18)13(6)21)19-8-2-5(3-9(20)15(22)23)1-7(17)14(8)24-10/h1-2,4,9,11-12,21H,3,20H2,(H,22,23)/q-1/t9-,11?,12-/m0/s1. The summed E-state index contributed by atoms with van der Waals surface area (Å²) in [7, 11) is 0. The van der Waals surface area contributed by atoms with Crippen LogP contribution in [-0.2, 0) is 11.2 Å². The third kappa shape index (κ3) is 3.83. The first-order valence-corrected chi connectivity index (χ1v) is 12.6. The van der Waals surface area contributed by atoms with Crippen LogP contribution < -0.4 is 31.7 Å². The minimum atomic E-state index is -0.997. The molecule has 1 aromatic rings. The summed E-state index contributed by atoms with van der Waals surface area (Å²) in [5.74, 6) is 1.20. The maximum atomic E-state index is 11.0. The number of nitrogens with two attached hydrogens (primary N) is 1. The molecular formula is C15H12I4NO4-. The summed E-state index contributed by atoms with van der Waals surface area (Å²) in [6.45, 7) is 0. The Labute approximate surface area is 190 Å². The summed E-state index contributed by atoms with van der Waals surface area (Å²) in [6, 6.07) is 3.06. The molecule has 3 rings (SSSR count). The van der Waals surface area contributed by atoms with Crippen LogP contribution in [0.15, 0.2) is 33.3 Å². The van der Waals surface area contributed by atoms with Gasteiger partial charge in [-0.15, -0.1) is 0 Å². The van der Waals surface area contributed by atoms with Gasteiger partial charge in [0, 0.05) is 0 Å². The Kier molecular flexibility index (Phi) is 6.24. The van der Waals surface area contributed by atoms with Crippen LogP contribution >= 0.6 is 67.8 Å². The Morgan fingerprint density at radius 2 is 2.12 bits per heavy atom. The van der Waals surface area contributed by atoms with E-state index in [1.165, 1.54) is 0 Å². The number of aliphatic carboxylic acids is 1. The van der Waals surface area contributed by atoms with Crippen LogP contribution in [0.2, 0.25) is 0 Å². The van der Waals surface area contributed by atoms with Gasteiger partial charge in [0.25, 0.3) is 0 Å². The van der Waals surface area contributed by atoms with Gasteiger partial charge in [-0.05, 0) is 0 Å². The summed E-state index contributed by atoms with van der Waals surface area (Å²) in [5, 5.41) is 19.2. The first-order chi connectivity index (χ1) is 11.3. The molecule has 3 atom stereocenters. The first kappa shape index (κ1) is 19.4. The molecule has 1 unspecified atom stereocenters. The number of carboxylic acids is 1. The first-order valence-electron chi connectivity index (χ1n) is 6.84. The van der Waals surface area contributed by atoms with Crippen molar-refractivity contribution in [1.82, 2.24) is 0 Å². The van der Waals surface area contributed by atoms with Crippen molar-refractivity contribution in [3.8, 4) is 5.75 Å². The molecule has 9 heteroatoms. The van der Waals surface area contributed by atoms with Gasteiger partial charge >= 0.3 is 192 Å². The van der Waals surface area contributed by atoms with E-state index in [0.29, 0.717) is 12.2 Å². The molecule has 130 valence electrons. The van der Waals surface area contributed by atoms with Crippen molar-refractivity contribution in [3.63, 3.8) is 0 Å². The Hall–Kier alpha value is 0.650. The second-order valence-electron chi connectivity index (χ2n) is 5.33.